The highest BCUT2D eigenvalue weighted by Gasteiger charge is 2.35. The van der Waals surface area contributed by atoms with Crippen LogP contribution in [0, 0.1) is 0 Å². The summed E-state index contributed by atoms with van der Waals surface area (Å²) in [6.07, 6.45) is 3.44. The molecule has 3 nitrogen and oxygen atoms in total. The summed E-state index contributed by atoms with van der Waals surface area (Å²) in [6, 6.07) is 6.12. The van der Waals surface area contributed by atoms with E-state index in [1.54, 1.807) is 0 Å². The Hall–Kier alpha value is -1.06. The molecule has 0 amide bonds. The highest BCUT2D eigenvalue weighted by molar-refractivity contribution is 5.46. The zero-order valence-corrected chi connectivity index (χ0v) is 9.95. The number of ether oxygens (including phenoxy) is 2. The number of rotatable bonds is 1. The molecule has 0 atom stereocenters. The summed E-state index contributed by atoms with van der Waals surface area (Å²) in [4.78, 5) is 0. The fourth-order valence-corrected chi connectivity index (χ4v) is 2.73. The number of hydrogen-bond donors (Lipinski definition) is 1. The predicted molar refractivity (Wildman–Crippen MR) is 64.2 cm³/mol. The van der Waals surface area contributed by atoms with Gasteiger partial charge in [-0.3, -0.25) is 0 Å². The lowest BCUT2D eigenvalue weighted by Gasteiger charge is -2.35. The number of hydrogen-bond acceptors (Lipinski definition) is 3. The van der Waals surface area contributed by atoms with E-state index in [0.29, 0.717) is 26.1 Å². The molecule has 2 aliphatic rings. The highest BCUT2D eigenvalue weighted by atomic mass is 16.5. The van der Waals surface area contributed by atoms with E-state index in [-0.39, 0.29) is 0 Å². The van der Waals surface area contributed by atoms with Gasteiger partial charge >= 0.3 is 0 Å². The predicted octanol–water partition coefficient (Wildman–Crippen LogP) is 2.01. The van der Waals surface area contributed by atoms with E-state index in [4.69, 9.17) is 9.47 Å². The van der Waals surface area contributed by atoms with Crippen molar-refractivity contribution in [2.75, 3.05) is 19.8 Å². The van der Waals surface area contributed by atoms with Crippen LogP contribution in [0.3, 0.4) is 0 Å². The van der Waals surface area contributed by atoms with Crippen molar-refractivity contribution in [3.05, 3.63) is 29.3 Å². The molecule has 3 heteroatoms. The van der Waals surface area contributed by atoms with Crippen LogP contribution in [0.15, 0.2) is 18.2 Å². The van der Waals surface area contributed by atoms with Crippen molar-refractivity contribution in [1.82, 2.24) is 0 Å². The summed E-state index contributed by atoms with van der Waals surface area (Å²) in [5.41, 5.74) is 1.42. The van der Waals surface area contributed by atoms with Crippen LogP contribution in [0.1, 0.15) is 30.4 Å². The Balaban J connectivity index is 2.01. The highest BCUT2D eigenvalue weighted by Crippen LogP contribution is 2.40. The van der Waals surface area contributed by atoms with Crippen LogP contribution in [0.2, 0.25) is 0 Å². The standard InChI is InChI=1S/C14H18O3/c15-14(6-9-16-10-7-14)12-5-1-3-11-4-2-8-17-13(11)12/h1,3,5,15H,2,4,6-10H2. The van der Waals surface area contributed by atoms with Crippen LogP contribution in [-0.2, 0) is 16.8 Å². The molecule has 1 saturated heterocycles. The largest absolute Gasteiger partial charge is 0.493 e. The molecule has 17 heavy (non-hydrogen) atoms. The molecule has 1 aromatic carbocycles. The van der Waals surface area contributed by atoms with Crippen LogP contribution in [-0.4, -0.2) is 24.9 Å². The molecule has 0 bridgehead atoms. The summed E-state index contributed by atoms with van der Waals surface area (Å²) < 4.78 is 11.1. The van der Waals surface area contributed by atoms with Crippen molar-refractivity contribution < 1.29 is 14.6 Å². The number of fused-ring (bicyclic) bond motifs is 1. The van der Waals surface area contributed by atoms with Gasteiger partial charge in [-0.25, -0.2) is 0 Å². The number of para-hydroxylation sites is 1. The smallest absolute Gasteiger partial charge is 0.128 e. The first-order chi connectivity index (χ1) is 8.30. The van der Waals surface area contributed by atoms with Gasteiger partial charge in [-0.05, 0) is 18.4 Å². The normalized spacial score (nSPS) is 22.6. The Bertz CT molecular complexity index is 408. The van der Waals surface area contributed by atoms with E-state index >= 15 is 0 Å². The average Bonchev–Trinajstić information content (AvgIpc) is 2.39. The first-order valence-electron chi connectivity index (χ1n) is 6.35. The van der Waals surface area contributed by atoms with Gasteiger partial charge < -0.3 is 14.6 Å². The van der Waals surface area contributed by atoms with Crippen molar-refractivity contribution >= 4 is 0 Å². The molecule has 0 unspecified atom stereocenters. The van der Waals surface area contributed by atoms with Crippen LogP contribution < -0.4 is 4.74 Å². The molecule has 1 fully saturated rings. The maximum Gasteiger partial charge on any atom is 0.128 e. The summed E-state index contributed by atoms with van der Waals surface area (Å²) in [6.45, 7) is 2.01. The average molecular weight is 234 g/mol. The maximum atomic E-state index is 10.7. The van der Waals surface area contributed by atoms with E-state index < -0.39 is 5.60 Å². The fourth-order valence-electron chi connectivity index (χ4n) is 2.73. The molecular formula is C14H18O3. The zero-order valence-electron chi connectivity index (χ0n) is 9.95. The summed E-state index contributed by atoms with van der Waals surface area (Å²) in [7, 11) is 0. The third-order valence-electron chi connectivity index (χ3n) is 3.75. The van der Waals surface area contributed by atoms with Gasteiger partial charge in [-0.2, -0.15) is 0 Å². The first-order valence-corrected chi connectivity index (χ1v) is 6.35. The van der Waals surface area contributed by atoms with Gasteiger partial charge in [0.05, 0.1) is 12.2 Å². The van der Waals surface area contributed by atoms with Gasteiger partial charge in [-0.1, -0.05) is 18.2 Å². The minimum atomic E-state index is -0.763. The molecule has 0 radical (unpaired) electrons. The lowest BCUT2D eigenvalue weighted by molar-refractivity contribution is -0.0693. The topological polar surface area (TPSA) is 38.7 Å². The molecule has 2 heterocycles. The van der Waals surface area contributed by atoms with Gasteiger partial charge in [0, 0.05) is 31.6 Å². The van der Waals surface area contributed by atoms with Crippen molar-refractivity contribution in [2.45, 2.75) is 31.3 Å². The van der Waals surface area contributed by atoms with Crippen LogP contribution in [0.25, 0.3) is 0 Å². The molecule has 2 aliphatic heterocycles. The Morgan fingerprint density at radius 1 is 1.12 bits per heavy atom. The van der Waals surface area contributed by atoms with Crippen LogP contribution in [0.4, 0.5) is 0 Å². The minimum absolute atomic E-state index is 0.625. The van der Waals surface area contributed by atoms with Gasteiger partial charge in [0.25, 0.3) is 0 Å². The van der Waals surface area contributed by atoms with E-state index in [1.165, 1.54) is 5.56 Å². The number of benzene rings is 1. The molecule has 92 valence electrons. The molecule has 0 saturated carbocycles. The Morgan fingerprint density at radius 2 is 1.94 bits per heavy atom. The molecule has 0 aliphatic carbocycles. The fraction of sp³-hybridized carbons (Fsp3) is 0.571. The van der Waals surface area contributed by atoms with E-state index in [1.807, 2.05) is 12.1 Å². The third kappa shape index (κ3) is 1.94. The van der Waals surface area contributed by atoms with Crippen molar-refractivity contribution in [3.8, 4) is 5.75 Å². The minimum Gasteiger partial charge on any atom is -0.493 e. The summed E-state index contributed by atoms with van der Waals surface area (Å²) in [5.74, 6) is 0.920. The molecule has 1 N–H and O–H groups in total. The quantitative estimate of drug-likeness (QED) is 0.808. The summed E-state index contributed by atoms with van der Waals surface area (Å²) >= 11 is 0. The number of aliphatic hydroxyl groups is 1. The second-order valence-corrected chi connectivity index (χ2v) is 4.89. The van der Waals surface area contributed by atoms with Crippen molar-refractivity contribution in [2.24, 2.45) is 0 Å². The first kappa shape index (κ1) is 11.1. The maximum absolute atomic E-state index is 10.7. The van der Waals surface area contributed by atoms with Crippen molar-refractivity contribution in [1.29, 1.82) is 0 Å². The van der Waals surface area contributed by atoms with Gasteiger partial charge in [-0.15, -0.1) is 0 Å². The Kier molecular flexibility index (Phi) is 2.81. The van der Waals surface area contributed by atoms with Gasteiger partial charge in [0.2, 0.25) is 0 Å². The summed E-state index contributed by atoms with van der Waals surface area (Å²) in [5, 5.41) is 10.7. The lowest BCUT2D eigenvalue weighted by atomic mass is 9.84. The third-order valence-corrected chi connectivity index (χ3v) is 3.75. The molecule has 1 aromatic rings. The molecule has 0 aromatic heterocycles. The van der Waals surface area contributed by atoms with E-state index in [0.717, 1.165) is 30.8 Å². The Labute approximate surface area is 101 Å². The molecule has 3 rings (SSSR count). The number of aryl methyl sites for hydroxylation is 1. The van der Waals surface area contributed by atoms with Gasteiger partial charge in [0.15, 0.2) is 0 Å². The second kappa shape index (κ2) is 4.31. The van der Waals surface area contributed by atoms with Crippen LogP contribution >= 0.6 is 0 Å². The lowest BCUT2D eigenvalue weighted by Crippen LogP contribution is -2.34. The Morgan fingerprint density at radius 3 is 2.76 bits per heavy atom. The monoisotopic (exact) mass is 234 g/mol. The second-order valence-electron chi connectivity index (χ2n) is 4.89. The SMILES string of the molecule is OC1(c2cccc3c2OCCC3)CCOCC1. The van der Waals surface area contributed by atoms with Gasteiger partial charge in [0.1, 0.15) is 5.75 Å². The molecular weight excluding hydrogens is 216 g/mol. The van der Waals surface area contributed by atoms with Crippen molar-refractivity contribution in [3.63, 3.8) is 0 Å². The molecule has 0 spiro atoms. The van der Waals surface area contributed by atoms with Crippen LogP contribution in [0.5, 0.6) is 5.75 Å². The zero-order chi connectivity index (χ0) is 11.7. The van der Waals surface area contributed by atoms with E-state index in [2.05, 4.69) is 6.07 Å². The van der Waals surface area contributed by atoms with E-state index in [9.17, 15) is 5.11 Å².